The largest absolute Gasteiger partial charge is 0.497 e. The van der Waals surface area contributed by atoms with Crippen molar-refractivity contribution in [3.63, 3.8) is 0 Å². The Bertz CT molecular complexity index is 832. The van der Waals surface area contributed by atoms with E-state index in [-0.39, 0.29) is 0 Å². The number of anilines is 4. The van der Waals surface area contributed by atoms with Gasteiger partial charge in [-0.15, -0.1) is 0 Å². The van der Waals surface area contributed by atoms with Gasteiger partial charge in [-0.25, -0.2) is 4.98 Å². The lowest BCUT2D eigenvalue weighted by atomic mass is 10.2. The van der Waals surface area contributed by atoms with E-state index in [0.29, 0.717) is 12.5 Å². The molecular weight excluding hydrogens is 326 g/mol. The van der Waals surface area contributed by atoms with Gasteiger partial charge in [0, 0.05) is 38.2 Å². The second-order valence-electron chi connectivity index (χ2n) is 6.03. The van der Waals surface area contributed by atoms with Crippen LogP contribution in [0.5, 0.6) is 5.75 Å². The third-order valence-electron chi connectivity index (χ3n) is 3.92. The number of ether oxygens (including phenoxy) is 1. The molecule has 0 fully saturated rings. The van der Waals surface area contributed by atoms with Crippen molar-refractivity contribution in [3.8, 4) is 5.75 Å². The van der Waals surface area contributed by atoms with Gasteiger partial charge in [-0.05, 0) is 48.0 Å². The quantitative estimate of drug-likeness (QED) is 0.674. The highest BCUT2D eigenvalue weighted by Crippen LogP contribution is 2.19. The highest BCUT2D eigenvalue weighted by Gasteiger charge is 2.02. The SMILES string of the molecule is COc1ccc(CNc2nccc(Nc3ccc(N(C)C)cc3)n2)cc1. The minimum absolute atomic E-state index is 0.579. The first-order valence-electron chi connectivity index (χ1n) is 8.38. The topological polar surface area (TPSA) is 62.3 Å². The van der Waals surface area contributed by atoms with E-state index in [4.69, 9.17) is 4.74 Å². The van der Waals surface area contributed by atoms with E-state index in [1.165, 1.54) is 0 Å². The van der Waals surface area contributed by atoms with Crippen molar-refractivity contribution < 1.29 is 4.74 Å². The third kappa shape index (κ3) is 4.63. The summed E-state index contributed by atoms with van der Waals surface area (Å²) in [6.45, 7) is 0.644. The van der Waals surface area contributed by atoms with Crippen molar-refractivity contribution >= 4 is 23.1 Å². The number of methoxy groups -OCH3 is 1. The molecule has 0 aliphatic carbocycles. The van der Waals surface area contributed by atoms with E-state index in [2.05, 4.69) is 37.6 Å². The van der Waals surface area contributed by atoms with Gasteiger partial charge in [0.25, 0.3) is 0 Å². The summed E-state index contributed by atoms with van der Waals surface area (Å²) in [6.07, 6.45) is 1.74. The summed E-state index contributed by atoms with van der Waals surface area (Å²) in [7, 11) is 5.70. The molecular formula is C20H23N5O. The fourth-order valence-electron chi connectivity index (χ4n) is 2.43. The van der Waals surface area contributed by atoms with Gasteiger partial charge in [-0.1, -0.05) is 12.1 Å². The van der Waals surface area contributed by atoms with Gasteiger partial charge in [0.1, 0.15) is 11.6 Å². The van der Waals surface area contributed by atoms with Crippen LogP contribution < -0.4 is 20.3 Å². The van der Waals surface area contributed by atoms with Gasteiger partial charge in [-0.2, -0.15) is 4.98 Å². The molecule has 3 aromatic rings. The van der Waals surface area contributed by atoms with Crippen LogP contribution in [0.1, 0.15) is 5.56 Å². The van der Waals surface area contributed by atoms with Crippen molar-refractivity contribution in [3.05, 3.63) is 66.4 Å². The standard InChI is InChI=1S/C20H23N5O/c1-25(2)17-8-6-16(7-9-17)23-19-12-13-21-20(24-19)22-14-15-4-10-18(26-3)11-5-15/h4-13H,14H2,1-3H3,(H2,21,22,23,24). The van der Waals surface area contributed by atoms with Gasteiger partial charge in [0.15, 0.2) is 0 Å². The Kier molecular flexibility index (Phi) is 5.53. The second kappa shape index (κ2) is 8.20. The van der Waals surface area contributed by atoms with Crippen molar-refractivity contribution in [2.24, 2.45) is 0 Å². The Labute approximate surface area is 153 Å². The molecule has 6 heteroatoms. The Morgan fingerprint density at radius 1 is 0.962 bits per heavy atom. The van der Waals surface area contributed by atoms with Crippen LogP contribution >= 0.6 is 0 Å². The molecule has 26 heavy (non-hydrogen) atoms. The predicted molar refractivity (Wildman–Crippen MR) is 106 cm³/mol. The second-order valence-corrected chi connectivity index (χ2v) is 6.03. The van der Waals surface area contributed by atoms with E-state index >= 15 is 0 Å². The van der Waals surface area contributed by atoms with Crippen LogP contribution in [-0.4, -0.2) is 31.2 Å². The summed E-state index contributed by atoms with van der Waals surface area (Å²) in [5.41, 5.74) is 3.27. The van der Waals surface area contributed by atoms with E-state index in [1.54, 1.807) is 13.3 Å². The molecule has 0 spiro atoms. The number of benzene rings is 2. The van der Waals surface area contributed by atoms with Crippen LogP contribution in [0.3, 0.4) is 0 Å². The minimum atomic E-state index is 0.579. The summed E-state index contributed by atoms with van der Waals surface area (Å²) in [4.78, 5) is 10.8. The molecule has 2 aromatic carbocycles. The maximum absolute atomic E-state index is 5.17. The molecule has 0 radical (unpaired) electrons. The summed E-state index contributed by atoms with van der Waals surface area (Å²) in [6, 6.07) is 17.9. The molecule has 1 heterocycles. The number of rotatable bonds is 7. The number of aromatic nitrogens is 2. The average molecular weight is 349 g/mol. The van der Waals surface area contributed by atoms with E-state index < -0.39 is 0 Å². The van der Waals surface area contributed by atoms with Crippen molar-refractivity contribution in [2.75, 3.05) is 36.7 Å². The van der Waals surface area contributed by atoms with Gasteiger partial charge < -0.3 is 20.3 Å². The maximum Gasteiger partial charge on any atom is 0.224 e. The van der Waals surface area contributed by atoms with E-state index in [9.17, 15) is 0 Å². The smallest absolute Gasteiger partial charge is 0.224 e. The van der Waals surface area contributed by atoms with Gasteiger partial charge >= 0.3 is 0 Å². The monoisotopic (exact) mass is 349 g/mol. The average Bonchev–Trinajstić information content (AvgIpc) is 2.67. The number of hydrogen-bond acceptors (Lipinski definition) is 6. The van der Waals surface area contributed by atoms with Gasteiger partial charge in [-0.3, -0.25) is 0 Å². The molecule has 1 aromatic heterocycles. The third-order valence-corrected chi connectivity index (χ3v) is 3.92. The van der Waals surface area contributed by atoms with Crippen LogP contribution in [0.25, 0.3) is 0 Å². The molecule has 0 saturated carbocycles. The zero-order valence-electron chi connectivity index (χ0n) is 15.2. The van der Waals surface area contributed by atoms with Gasteiger partial charge in [0.2, 0.25) is 5.95 Å². The van der Waals surface area contributed by atoms with Crippen LogP contribution in [0.2, 0.25) is 0 Å². The number of hydrogen-bond donors (Lipinski definition) is 2. The lowest BCUT2D eigenvalue weighted by Crippen LogP contribution is -2.08. The molecule has 0 aliphatic rings. The highest BCUT2D eigenvalue weighted by atomic mass is 16.5. The summed E-state index contributed by atoms with van der Waals surface area (Å²) in [5, 5.41) is 6.54. The molecule has 3 rings (SSSR count). The van der Waals surface area contributed by atoms with Crippen LogP contribution in [-0.2, 0) is 6.54 Å². The Hall–Kier alpha value is -3.28. The van der Waals surface area contributed by atoms with E-state index in [1.807, 2.05) is 56.6 Å². The van der Waals surface area contributed by atoms with Crippen molar-refractivity contribution in [2.45, 2.75) is 6.54 Å². The Balaban J connectivity index is 1.62. The lowest BCUT2D eigenvalue weighted by molar-refractivity contribution is 0.414. The first-order valence-corrected chi connectivity index (χ1v) is 8.38. The van der Waals surface area contributed by atoms with Crippen LogP contribution in [0, 0.1) is 0 Å². The van der Waals surface area contributed by atoms with E-state index in [0.717, 1.165) is 28.5 Å². The van der Waals surface area contributed by atoms with Crippen LogP contribution in [0.4, 0.5) is 23.1 Å². The molecule has 0 bridgehead atoms. The summed E-state index contributed by atoms with van der Waals surface area (Å²) in [5.74, 6) is 2.17. The summed E-state index contributed by atoms with van der Waals surface area (Å²) < 4.78 is 5.17. The summed E-state index contributed by atoms with van der Waals surface area (Å²) >= 11 is 0. The minimum Gasteiger partial charge on any atom is -0.497 e. The molecule has 0 unspecified atom stereocenters. The lowest BCUT2D eigenvalue weighted by Gasteiger charge is -2.13. The normalized spacial score (nSPS) is 10.3. The molecule has 0 saturated heterocycles. The van der Waals surface area contributed by atoms with Crippen molar-refractivity contribution in [1.82, 2.24) is 9.97 Å². The molecule has 134 valence electrons. The molecule has 0 aliphatic heterocycles. The number of nitrogens with one attached hydrogen (secondary N) is 2. The van der Waals surface area contributed by atoms with Crippen molar-refractivity contribution in [1.29, 1.82) is 0 Å². The molecule has 0 atom stereocenters. The molecule has 2 N–H and O–H groups in total. The Morgan fingerprint density at radius 3 is 2.35 bits per heavy atom. The molecule has 0 amide bonds. The first kappa shape index (κ1) is 17.5. The zero-order valence-corrected chi connectivity index (χ0v) is 15.2. The molecule has 6 nitrogen and oxygen atoms in total. The fraction of sp³-hybridized carbons (Fsp3) is 0.200. The predicted octanol–water partition coefficient (Wildman–Crippen LogP) is 3.91. The number of nitrogens with zero attached hydrogens (tertiary/aromatic N) is 3. The maximum atomic E-state index is 5.17. The Morgan fingerprint density at radius 2 is 1.69 bits per heavy atom. The fourth-order valence-corrected chi connectivity index (χ4v) is 2.43. The first-order chi connectivity index (χ1) is 12.6. The highest BCUT2D eigenvalue weighted by molar-refractivity contribution is 5.60. The zero-order chi connectivity index (χ0) is 18.4. The van der Waals surface area contributed by atoms with Gasteiger partial charge in [0.05, 0.1) is 7.11 Å². The van der Waals surface area contributed by atoms with Crippen LogP contribution in [0.15, 0.2) is 60.8 Å².